The Labute approximate surface area is 197 Å². The number of nitrogens with zero attached hydrogens (tertiary/aromatic N) is 1. The van der Waals surface area contributed by atoms with Gasteiger partial charge in [-0.2, -0.15) is 0 Å². The molecule has 0 radical (unpaired) electrons. The number of rotatable bonds is 4. The molecule has 5 nitrogen and oxygen atoms in total. The van der Waals surface area contributed by atoms with Gasteiger partial charge in [-0.05, 0) is 77.9 Å². The fraction of sp³-hybridized carbons (Fsp3) is 0.0870. The van der Waals surface area contributed by atoms with Gasteiger partial charge < -0.3 is 4.42 Å². The van der Waals surface area contributed by atoms with Crippen molar-refractivity contribution < 1.29 is 14.0 Å². The maximum atomic E-state index is 13.2. The quantitative estimate of drug-likeness (QED) is 0.278. The maximum Gasteiger partial charge on any atom is 0.270 e. The molecule has 0 spiro atoms. The van der Waals surface area contributed by atoms with Crippen LogP contribution in [0.4, 0.5) is 5.69 Å². The number of para-hydroxylation sites is 1. The minimum absolute atomic E-state index is 0.0509. The van der Waals surface area contributed by atoms with Crippen molar-refractivity contribution in [3.63, 3.8) is 0 Å². The molecule has 0 saturated carbocycles. The zero-order valence-corrected chi connectivity index (χ0v) is 19.9. The van der Waals surface area contributed by atoms with Gasteiger partial charge in [-0.1, -0.05) is 47.7 Å². The molecule has 3 aromatic rings. The highest BCUT2D eigenvalue weighted by Gasteiger charge is 2.35. The molecule has 2 amide bonds. The van der Waals surface area contributed by atoms with Crippen LogP contribution in [0.5, 0.6) is 0 Å². The summed E-state index contributed by atoms with van der Waals surface area (Å²) in [5, 5.41) is 3.28. The first-order valence-electron chi connectivity index (χ1n) is 9.34. The van der Waals surface area contributed by atoms with E-state index in [1.165, 1.54) is 28.3 Å². The van der Waals surface area contributed by atoms with Crippen molar-refractivity contribution in [2.75, 3.05) is 4.90 Å². The van der Waals surface area contributed by atoms with E-state index < -0.39 is 11.8 Å². The Morgan fingerprint density at radius 2 is 1.81 bits per heavy atom. The third-order valence-corrected chi connectivity index (χ3v) is 6.78. The van der Waals surface area contributed by atoms with E-state index in [9.17, 15) is 9.59 Å². The van der Waals surface area contributed by atoms with Crippen LogP contribution in [0.15, 0.2) is 79.0 Å². The summed E-state index contributed by atoms with van der Waals surface area (Å²) in [6.07, 6.45) is 1.44. The number of halogens is 1. The number of aryl methyl sites for hydroxylation is 2. The molecule has 2 heterocycles. The van der Waals surface area contributed by atoms with Crippen LogP contribution in [0, 0.1) is 13.8 Å². The highest BCUT2D eigenvalue weighted by atomic mass is 79.9. The number of carbonyl (C=O) groups is 2. The Morgan fingerprint density at radius 1 is 1.10 bits per heavy atom. The van der Waals surface area contributed by atoms with E-state index >= 15 is 0 Å². The second kappa shape index (κ2) is 8.82. The van der Waals surface area contributed by atoms with Crippen LogP contribution in [0.25, 0.3) is 6.08 Å². The van der Waals surface area contributed by atoms with Crippen LogP contribution in [-0.4, -0.2) is 16.9 Å². The molecule has 1 N–H and O–H groups in total. The lowest BCUT2D eigenvalue weighted by molar-refractivity contribution is -0.122. The number of hydrogen-bond donors (Lipinski definition) is 1. The lowest BCUT2D eigenvalue weighted by atomic mass is 10.1. The number of amides is 2. The van der Waals surface area contributed by atoms with Crippen LogP contribution in [0.3, 0.4) is 0 Å². The number of furan rings is 1. The first-order chi connectivity index (χ1) is 14.8. The number of nitrogens with one attached hydrogen (secondary N) is 1. The average molecular weight is 513 g/mol. The lowest BCUT2D eigenvalue weighted by Crippen LogP contribution is -2.54. The zero-order valence-electron chi connectivity index (χ0n) is 16.6. The molecular formula is C23H17BrN2O3S2. The minimum Gasteiger partial charge on any atom is -0.449 e. The van der Waals surface area contributed by atoms with Gasteiger partial charge in [0.1, 0.15) is 11.3 Å². The molecule has 0 unspecified atom stereocenters. The van der Waals surface area contributed by atoms with Crippen LogP contribution in [0.1, 0.15) is 16.9 Å². The number of hydrogen-bond acceptors (Lipinski definition) is 5. The number of benzene rings is 2. The average Bonchev–Trinajstić information content (AvgIpc) is 3.07. The molecule has 0 bridgehead atoms. The van der Waals surface area contributed by atoms with Crippen molar-refractivity contribution in [1.29, 1.82) is 0 Å². The van der Waals surface area contributed by atoms with Crippen molar-refractivity contribution in [3.05, 3.63) is 81.5 Å². The predicted octanol–water partition coefficient (Wildman–Crippen LogP) is 5.64. The molecule has 156 valence electrons. The van der Waals surface area contributed by atoms with Crippen molar-refractivity contribution in [2.24, 2.45) is 0 Å². The van der Waals surface area contributed by atoms with Crippen LogP contribution in [-0.2, 0) is 9.59 Å². The van der Waals surface area contributed by atoms with Crippen molar-refractivity contribution in [1.82, 2.24) is 5.32 Å². The van der Waals surface area contributed by atoms with Gasteiger partial charge in [0.25, 0.3) is 11.8 Å². The van der Waals surface area contributed by atoms with Gasteiger partial charge in [-0.3, -0.25) is 19.8 Å². The predicted molar refractivity (Wildman–Crippen MR) is 129 cm³/mol. The SMILES string of the molecule is Cc1ccc(Sc2oc(/C=C3\C(=O)NC(=S)N(c4ccccc4C)C3=O)cc2Br)cc1. The highest BCUT2D eigenvalue weighted by Crippen LogP contribution is 2.37. The standard InChI is InChI=1S/C23H17BrN2O3S2/c1-13-7-9-16(10-8-13)31-22-18(24)12-15(29-22)11-17-20(27)25-23(30)26(21(17)28)19-6-4-3-5-14(19)2/h3-12H,1-2H3,(H,25,27,30)/b17-11+. The largest absolute Gasteiger partial charge is 0.449 e. The Hall–Kier alpha value is -2.68. The third kappa shape index (κ3) is 4.51. The Kier molecular flexibility index (Phi) is 6.13. The summed E-state index contributed by atoms with van der Waals surface area (Å²) in [7, 11) is 0. The van der Waals surface area contributed by atoms with E-state index in [1.807, 2.05) is 56.3 Å². The Bertz CT molecular complexity index is 1230. The van der Waals surface area contributed by atoms with E-state index in [4.69, 9.17) is 16.6 Å². The van der Waals surface area contributed by atoms with Crippen molar-refractivity contribution >= 4 is 68.6 Å². The second-order valence-electron chi connectivity index (χ2n) is 6.94. The monoisotopic (exact) mass is 512 g/mol. The summed E-state index contributed by atoms with van der Waals surface area (Å²) in [5.41, 5.74) is 2.61. The molecule has 2 aromatic carbocycles. The highest BCUT2D eigenvalue weighted by molar-refractivity contribution is 9.10. The van der Waals surface area contributed by atoms with E-state index in [0.717, 1.165) is 14.9 Å². The summed E-state index contributed by atoms with van der Waals surface area (Å²) >= 11 is 10.2. The molecule has 1 aliphatic rings. The Morgan fingerprint density at radius 3 is 2.52 bits per heavy atom. The third-order valence-electron chi connectivity index (χ3n) is 4.65. The molecule has 4 rings (SSSR count). The number of anilines is 1. The van der Waals surface area contributed by atoms with Gasteiger partial charge in [0, 0.05) is 4.90 Å². The first kappa shape index (κ1) is 21.5. The maximum absolute atomic E-state index is 13.2. The smallest absolute Gasteiger partial charge is 0.270 e. The molecule has 1 aliphatic heterocycles. The lowest BCUT2D eigenvalue weighted by Gasteiger charge is -2.29. The van der Waals surface area contributed by atoms with Gasteiger partial charge >= 0.3 is 0 Å². The summed E-state index contributed by atoms with van der Waals surface area (Å²) in [5.74, 6) is -0.666. The van der Waals surface area contributed by atoms with Crippen molar-refractivity contribution in [2.45, 2.75) is 23.8 Å². The minimum atomic E-state index is -0.555. The molecule has 0 aliphatic carbocycles. The molecule has 8 heteroatoms. The van der Waals surface area contributed by atoms with E-state index in [-0.39, 0.29) is 10.7 Å². The van der Waals surface area contributed by atoms with Crippen LogP contribution < -0.4 is 10.2 Å². The van der Waals surface area contributed by atoms with Gasteiger partial charge in [0.05, 0.1) is 10.2 Å². The topological polar surface area (TPSA) is 62.6 Å². The molecule has 1 saturated heterocycles. The second-order valence-corrected chi connectivity index (χ2v) is 9.23. The first-order valence-corrected chi connectivity index (χ1v) is 11.4. The fourth-order valence-corrected chi connectivity index (χ4v) is 4.66. The fourth-order valence-electron chi connectivity index (χ4n) is 3.06. The van der Waals surface area contributed by atoms with Gasteiger partial charge in [0.2, 0.25) is 0 Å². The normalized spacial score (nSPS) is 15.5. The van der Waals surface area contributed by atoms with Gasteiger partial charge in [-0.25, -0.2) is 0 Å². The Balaban J connectivity index is 1.65. The molecule has 1 aromatic heterocycles. The van der Waals surface area contributed by atoms with Gasteiger partial charge in [0.15, 0.2) is 10.2 Å². The number of thiocarbonyl (C=S) groups is 1. The van der Waals surface area contributed by atoms with Crippen LogP contribution in [0.2, 0.25) is 0 Å². The summed E-state index contributed by atoms with van der Waals surface area (Å²) in [4.78, 5) is 28.0. The zero-order chi connectivity index (χ0) is 22.1. The van der Waals surface area contributed by atoms with Crippen LogP contribution >= 0.6 is 39.9 Å². The molecule has 0 atom stereocenters. The van der Waals surface area contributed by atoms with E-state index in [2.05, 4.69) is 21.2 Å². The van der Waals surface area contributed by atoms with Gasteiger partial charge in [-0.15, -0.1) is 0 Å². The summed E-state index contributed by atoms with van der Waals surface area (Å²) in [6, 6.07) is 17.1. The van der Waals surface area contributed by atoms with E-state index in [1.54, 1.807) is 12.1 Å². The summed E-state index contributed by atoms with van der Waals surface area (Å²) < 4.78 is 6.63. The molecule has 1 fully saturated rings. The van der Waals surface area contributed by atoms with E-state index in [0.29, 0.717) is 16.5 Å². The summed E-state index contributed by atoms with van der Waals surface area (Å²) in [6.45, 7) is 3.91. The number of carbonyl (C=O) groups excluding carboxylic acids is 2. The molecule has 31 heavy (non-hydrogen) atoms. The molecular weight excluding hydrogens is 496 g/mol. The van der Waals surface area contributed by atoms with Crippen molar-refractivity contribution in [3.8, 4) is 0 Å².